The molecule has 3 rings (SSSR count). The first kappa shape index (κ1) is 10.4. The predicted molar refractivity (Wildman–Crippen MR) is 62.4 cm³/mol. The summed E-state index contributed by atoms with van der Waals surface area (Å²) in [5, 5.41) is 22.6. The number of phenols is 1. The van der Waals surface area contributed by atoms with Gasteiger partial charge >= 0.3 is 5.97 Å². The third kappa shape index (κ3) is 1.51. The number of rotatable bonds is 2. The molecular formula is C12H8N2O4. The number of nitrogens with one attached hydrogen (secondary N) is 1. The fourth-order valence-electron chi connectivity index (χ4n) is 1.78. The largest absolute Gasteiger partial charge is 0.506 e. The Morgan fingerprint density at radius 2 is 2.17 bits per heavy atom. The number of carboxylic acids is 1. The molecule has 2 heterocycles. The molecule has 0 amide bonds. The van der Waals surface area contributed by atoms with Crippen molar-refractivity contribution in [1.29, 1.82) is 0 Å². The average Bonchev–Trinajstić information content (AvgIpc) is 2.95. The third-order valence-corrected chi connectivity index (χ3v) is 2.63. The van der Waals surface area contributed by atoms with Crippen molar-refractivity contribution >= 4 is 16.9 Å². The minimum absolute atomic E-state index is 0.122. The molecule has 0 unspecified atom stereocenters. The highest BCUT2D eigenvalue weighted by Crippen LogP contribution is 2.29. The number of aromatic amines is 1. The van der Waals surface area contributed by atoms with E-state index in [1.54, 1.807) is 18.2 Å². The second-order valence-electron chi connectivity index (χ2n) is 3.81. The number of nitrogens with zero attached hydrogens (tertiary/aromatic N) is 1. The molecule has 1 aromatic carbocycles. The fraction of sp³-hybridized carbons (Fsp3) is 0. The zero-order valence-corrected chi connectivity index (χ0v) is 9.04. The number of aromatic nitrogens is 2. The van der Waals surface area contributed by atoms with Crippen molar-refractivity contribution < 1.29 is 19.5 Å². The van der Waals surface area contributed by atoms with Gasteiger partial charge in [-0.25, -0.2) is 4.79 Å². The summed E-state index contributed by atoms with van der Waals surface area (Å²) in [4.78, 5) is 13.7. The molecule has 0 aliphatic rings. The molecule has 0 radical (unpaired) electrons. The van der Waals surface area contributed by atoms with E-state index in [-0.39, 0.29) is 11.4 Å². The molecule has 0 spiro atoms. The Kier molecular flexibility index (Phi) is 2.09. The maximum atomic E-state index is 10.7. The standard InChI is InChI=1S/C12H8N2O4/c15-9-3-1-2-6-4-7(13-11(6)9)10-5-8(12(16)17)14-18-10/h1-5,13,15H,(H,16,17). The summed E-state index contributed by atoms with van der Waals surface area (Å²) < 4.78 is 4.94. The number of hydrogen-bond donors (Lipinski definition) is 3. The maximum Gasteiger partial charge on any atom is 0.358 e. The van der Waals surface area contributed by atoms with Crippen LogP contribution in [0.2, 0.25) is 0 Å². The Hall–Kier alpha value is -2.76. The quantitative estimate of drug-likeness (QED) is 0.641. The number of phenolic OH excluding ortho intramolecular Hbond substituents is 1. The second kappa shape index (κ2) is 3.63. The van der Waals surface area contributed by atoms with Crippen LogP contribution in [0.5, 0.6) is 5.75 Å². The van der Waals surface area contributed by atoms with Crippen molar-refractivity contribution in [3.8, 4) is 17.2 Å². The summed E-state index contributed by atoms with van der Waals surface area (Å²) in [6.07, 6.45) is 0. The smallest absolute Gasteiger partial charge is 0.358 e. The summed E-state index contributed by atoms with van der Waals surface area (Å²) in [7, 11) is 0. The van der Waals surface area contributed by atoms with Gasteiger partial charge in [-0.05, 0) is 12.1 Å². The number of aromatic hydroxyl groups is 1. The number of carbonyl (C=O) groups is 1. The summed E-state index contributed by atoms with van der Waals surface area (Å²) >= 11 is 0. The first-order chi connectivity index (χ1) is 8.65. The van der Waals surface area contributed by atoms with Gasteiger partial charge in [0.2, 0.25) is 0 Å². The molecule has 0 fully saturated rings. The number of fused-ring (bicyclic) bond motifs is 1. The van der Waals surface area contributed by atoms with E-state index < -0.39 is 5.97 Å². The van der Waals surface area contributed by atoms with Gasteiger partial charge < -0.3 is 19.7 Å². The van der Waals surface area contributed by atoms with E-state index in [0.717, 1.165) is 5.39 Å². The Morgan fingerprint density at radius 3 is 2.83 bits per heavy atom. The first-order valence-electron chi connectivity index (χ1n) is 5.16. The number of carboxylic acid groups (broad SMARTS) is 1. The summed E-state index contributed by atoms with van der Waals surface area (Å²) in [5.74, 6) is -0.719. The molecule has 18 heavy (non-hydrogen) atoms. The minimum atomic E-state index is -1.15. The van der Waals surface area contributed by atoms with Gasteiger partial charge in [0.05, 0.1) is 11.2 Å². The van der Waals surface area contributed by atoms with Crippen LogP contribution in [0.15, 0.2) is 34.9 Å². The van der Waals surface area contributed by atoms with Gasteiger partial charge in [0.15, 0.2) is 11.5 Å². The summed E-state index contributed by atoms with van der Waals surface area (Å²) in [6, 6.07) is 8.18. The molecule has 3 aromatic rings. The Labute approximate surface area is 100 Å². The Morgan fingerprint density at radius 1 is 1.33 bits per heavy atom. The van der Waals surface area contributed by atoms with Crippen molar-refractivity contribution in [2.45, 2.75) is 0 Å². The molecule has 6 heteroatoms. The van der Waals surface area contributed by atoms with E-state index >= 15 is 0 Å². The lowest BCUT2D eigenvalue weighted by atomic mass is 10.2. The zero-order valence-electron chi connectivity index (χ0n) is 9.04. The van der Waals surface area contributed by atoms with Gasteiger partial charge in [0.25, 0.3) is 0 Å². The van der Waals surface area contributed by atoms with Gasteiger partial charge in [0.1, 0.15) is 5.75 Å². The molecule has 6 nitrogen and oxygen atoms in total. The summed E-state index contributed by atoms with van der Waals surface area (Å²) in [5.41, 5.74) is 0.972. The highest BCUT2D eigenvalue weighted by Gasteiger charge is 2.14. The topological polar surface area (TPSA) is 99.3 Å². The van der Waals surface area contributed by atoms with Crippen molar-refractivity contribution in [3.63, 3.8) is 0 Å². The van der Waals surface area contributed by atoms with Gasteiger partial charge in [-0.15, -0.1) is 0 Å². The normalized spacial score (nSPS) is 10.9. The van der Waals surface area contributed by atoms with E-state index in [2.05, 4.69) is 10.1 Å². The minimum Gasteiger partial charge on any atom is -0.506 e. The second-order valence-corrected chi connectivity index (χ2v) is 3.81. The van der Waals surface area contributed by atoms with E-state index in [9.17, 15) is 9.90 Å². The predicted octanol–water partition coefficient (Wildman–Crippen LogP) is 2.23. The van der Waals surface area contributed by atoms with E-state index in [0.29, 0.717) is 17.0 Å². The Balaban J connectivity index is 2.13. The van der Waals surface area contributed by atoms with Gasteiger partial charge in [-0.1, -0.05) is 17.3 Å². The van der Waals surface area contributed by atoms with Crippen molar-refractivity contribution in [2.75, 3.05) is 0 Å². The number of aromatic carboxylic acids is 1. The fourth-order valence-corrected chi connectivity index (χ4v) is 1.78. The van der Waals surface area contributed by atoms with Gasteiger partial charge in [0, 0.05) is 11.5 Å². The van der Waals surface area contributed by atoms with Crippen molar-refractivity contribution in [3.05, 3.63) is 36.0 Å². The van der Waals surface area contributed by atoms with Crippen LogP contribution < -0.4 is 0 Å². The molecule has 0 aliphatic carbocycles. The number of benzene rings is 1. The zero-order chi connectivity index (χ0) is 12.7. The van der Waals surface area contributed by atoms with Crippen LogP contribution in [0.25, 0.3) is 22.4 Å². The SMILES string of the molecule is O=C(O)c1cc(-c2cc3cccc(O)c3[nH]2)on1. The third-order valence-electron chi connectivity index (χ3n) is 2.63. The van der Waals surface area contributed by atoms with E-state index in [1.165, 1.54) is 6.07 Å². The van der Waals surface area contributed by atoms with Crippen LogP contribution in [0.1, 0.15) is 10.5 Å². The lowest BCUT2D eigenvalue weighted by Crippen LogP contribution is -1.94. The lowest BCUT2D eigenvalue weighted by Gasteiger charge is -1.92. The number of para-hydroxylation sites is 1. The summed E-state index contributed by atoms with van der Waals surface area (Å²) in [6.45, 7) is 0. The first-order valence-corrected chi connectivity index (χ1v) is 5.16. The molecule has 0 atom stereocenters. The maximum absolute atomic E-state index is 10.7. The van der Waals surface area contributed by atoms with Crippen LogP contribution in [-0.2, 0) is 0 Å². The van der Waals surface area contributed by atoms with Crippen LogP contribution in [0.3, 0.4) is 0 Å². The number of H-pyrrole nitrogens is 1. The molecule has 90 valence electrons. The van der Waals surface area contributed by atoms with Crippen LogP contribution >= 0.6 is 0 Å². The monoisotopic (exact) mass is 244 g/mol. The molecular weight excluding hydrogens is 236 g/mol. The molecule has 0 bridgehead atoms. The highest BCUT2D eigenvalue weighted by molar-refractivity contribution is 5.90. The van der Waals surface area contributed by atoms with E-state index in [4.69, 9.17) is 9.63 Å². The molecule has 2 aromatic heterocycles. The highest BCUT2D eigenvalue weighted by atomic mass is 16.5. The lowest BCUT2D eigenvalue weighted by molar-refractivity contribution is 0.0686. The number of hydrogen-bond acceptors (Lipinski definition) is 4. The average molecular weight is 244 g/mol. The van der Waals surface area contributed by atoms with Gasteiger partial charge in [-0.2, -0.15) is 0 Å². The molecule has 0 saturated carbocycles. The molecule has 0 saturated heterocycles. The van der Waals surface area contributed by atoms with Crippen LogP contribution in [0.4, 0.5) is 0 Å². The van der Waals surface area contributed by atoms with Crippen molar-refractivity contribution in [1.82, 2.24) is 10.1 Å². The molecule has 0 aliphatic heterocycles. The van der Waals surface area contributed by atoms with Gasteiger partial charge in [-0.3, -0.25) is 0 Å². The van der Waals surface area contributed by atoms with Crippen molar-refractivity contribution in [2.24, 2.45) is 0 Å². The van der Waals surface area contributed by atoms with E-state index in [1.807, 2.05) is 6.07 Å². The van der Waals surface area contributed by atoms with Crippen LogP contribution in [-0.4, -0.2) is 26.3 Å². The molecule has 3 N–H and O–H groups in total. The Bertz CT molecular complexity index is 741. The van der Waals surface area contributed by atoms with Crippen LogP contribution in [0, 0.1) is 0 Å².